The normalized spacial score (nSPS) is 55.7. The molecule has 0 bridgehead atoms. The van der Waals surface area contributed by atoms with Gasteiger partial charge in [-0.05, 0) is 60.7 Å². The minimum Gasteiger partial charge on any atom is -0.393 e. The van der Waals surface area contributed by atoms with Crippen molar-refractivity contribution in [2.45, 2.75) is 70.6 Å². The van der Waals surface area contributed by atoms with E-state index in [0.717, 1.165) is 25.7 Å². The molecule has 23 heavy (non-hydrogen) atoms. The van der Waals surface area contributed by atoms with Crippen LogP contribution in [0.2, 0.25) is 0 Å². The molecule has 0 aliphatic heterocycles. The fraction of sp³-hybridized carbons (Fsp3) is 0.842. The second-order valence-electron chi connectivity index (χ2n) is 8.98. The molecule has 4 aliphatic carbocycles. The Hall–Kier alpha value is -0.710. The van der Waals surface area contributed by atoms with E-state index in [1.807, 2.05) is 6.08 Å². The number of fused-ring (bicyclic) bond motifs is 5. The lowest BCUT2D eigenvalue weighted by Gasteiger charge is -2.58. The van der Waals surface area contributed by atoms with Gasteiger partial charge in [0.1, 0.15) is 5.78 Å². The summed E-state index contributed by atoms with van der Waals surface area (Å²) in [6.07, 6.45) is 6.27. The first-order valence-electron chi connectivity index (χ1n) is 9.13. The molecule has 4 N–H and O–H groups in total. The van der Waals surface area contributed by atoms with Crippen molar-refractivity contribution in [2.75, 3.05) is 0 Å². The molecule has 0 amide bonds. The van der Waals surface area contributed by atoms with Gasteiger partial charge in [-0.2, -0.15) is 0 Å². The van der Waals surface area contributed by atoms with Crippen LogP contribution in [0.4, 0.5) is 0 Å². The Labute approximate surface area is 138 Å². The van der Waals surface area contributed by atoms with Gasteiger partial charge in [0.05, 0.1) is 18.2 Å². The lowest BCUT2D eigenvalue weighted by atomic mass is 9.47. The first-order chi connectivity index (χ1) is 10.8. The summed E-state index contributed by atoms with van der Waals surface area (Å²) in [7, 11) is 0. The second kappa shape index (κ2) is 4.90. The predicted octanol–water partition coefficient (Wildman–Crippen LogP) is 1.79. The smallest absolute Gasteiger partial charge is 0.150 e. The number of hydrogen-bond acceptors (Lipinski definition) is 4. The lowest BCUT2D eigenvalue weighted by Crippen LogP contribution is -2.56. The van der Waals surface area contributed by atoms with Crippen molar-refractivity contribution in [3.8, 4) is 0 Å². The number of rotatable bonds is 0. The molecule has 3 saturated carbocycles. The fourth-order valence-electron chi connectivity index (χ4n) is 6.47. The molecule has 128 valence electrons. The van der Waals surface area contributed by atoms with Crippen molar-refractivity contribution in [2.24, 2.45) is 34.3 Å². The summed E-state index contributed by atoms with van der Waals surface area (Å²) in [4.78, 5) is 12.3. The van der Waals surface area contributed by atoms with Crippen LogP contribution in [-0.4, -0.2) is 34.2 Å². The van der Waals surface area contributed by atoms with Crippen LogP contribution in [0.3, 0.4) is 0 Å². The summed E-state index contributed by atoms with van der Waals surface area (Å²) in [6, 6.07) is -0.369. The van der Waals surface area contributed by atoms with Crippen molar-refractivity contribution in [1.29, 1.82) is 0 Å². The Kier molecular flexibility index (Phi) is 3.37. The summed E-state index contributed by atoms with van der Waals surface area (Å²) in [5.74, 6) is 0.904. The number of aliphatic hydroxyl groups excluding tert-OH is 2. The van der Waals surface area contributed by atoms with Crippen molar-refractivity contribution in [3.05, 3.63) is 11.6 Å². The molecule has 4 nitrogen and oxygen atoms in total. The first-order valence-corrected chi connectivity index (χ1v) is 9.13. The van der Waals surface area contributed by atoms with Crippen molar-refractivity contribution in [3.63, 3.8) is 0 Å². The van der Waals surface area contributed by atoms with E-state index in [4.69, 9.17) is 5.73 Å². The highest BCUT2D eigenvalue weighted by molar-refractivity contribution is 5.87. The molecule has 8 atom stereocenters. The largest absolute Gasteiger partial charge is 0.393 e. The molecule has 0 heterocycles. The molecule has 0 aromatic rings. The molecule has 3 fully saturated rings. The van der Waals surface area contributed by atoms with E-state index in [1.54, 1.807) is 0 Å². The van der Waals surface area contributed by atoms with Gasteiger partial charge in [-0.1, -0.05) is 25.5 Å². The van der Waals surface area contributed by atoms with E-state index in [1.165, 1.54) is 5.57 Å². The van der Waals surface area contributed by atoms with Crippen LogP contribution in [0.1, 0.15) is 52.4 Å². The van der Waals surface area contributed by atoms with Crippen LogP contribution >= 0.6 is 0 Å². The van der Waals surface area contributed by atoms with Crippen molar-refractivity contribution in [1.82, 2.24) is 0 Å². The maximum absolute atomic E-state index is 12.3. The Morgan fingerprint density at radius 1 is 1.13 bits per heavy atom. The summed E-state index contributed by atoms with van der Waals surface area (Å²) < 4.78 is 0. The summed E-state index contributed by atoms with van der Waals surface area (Å²) >= 11 is 0. The Bertz CT molecular complexity index is 573. The molecule has 0 aromatic heterocycles. The van der Waals surface area contributed by atoms with E-state index in [-0.39, 0.29) is 40.6 Å². The highest BCUT2D eigenvalue weighted by Crippen LogP contribution is 2.63. The van der Waals surface area contributed by atoms with Crippen LogP contribution in [0.5, 0.6) is 0 Å². The number of carbonyl (C=O) groups is 1. The molecule has 0 unspecified atom stereocenters. The third-order valence-corrected chi connectivity index (χ3v) is 8.02. The van der Waals surface area contributed by atoms with Gasteiger partial charge < -0.3 is 15.9 Å². The summed E-state index contributed by atoms with van der Waals surface area (Å²) in [5, 5.41) is 20.9. The van der Waals surface area contributed by atoms with E-state index in [2.05, 4.69) is 13.8 Å². The molecule has 0 radical (unpaired) electrons. The second-order valence-corrected chi connectivity index (χ2v) is 8.98. The van der Waals surface area contributed by atoms with E-state index in [9.17, 15) is 15.0 Å². The minimum atomic E-state index is -0.504. The fourth-order valence-corrected chi connectivity index (χ4v) is 6.47. The average molecular weight is 319 g/mol. The van der Waals surface area contributed by atoms with E-state index in [0.29, 0.717) is 18.8 Å². The van der Waals surface area contributed by atoms with E-state index < -0.39 is 6.10 Å². The number of aliphatic hydroxyl groups is 2. The maximum Gasteiger partial charge on any atom is 0.150 e. The van der Waals surface area contributed by atoms with E-state index >= 15 is 0 Å². The average Bonchev–Trinajstić information content (AvgIpc) is 2.73. The molecule has 4 aliphatic rings. The van der Waals surface area contributed by atoms with Crippen molar-refractivity contribution >= 4 is 5.78 Å². The predicted molar refractivity (Wildman–Crippen MR) is 87.5 cm³/mol. The first kappa shape index (κ1) is 15.8. The maximum atomic E-state index is 12.3. The Morgan fingerprint density at radius 3 is 2.61 bits per heavy atom. The van der Waals surface area contributed by atoms with Gasteiger partial charge in [-0.15, -0.1) is 0 Å². The summed E-state index contributed by atoms with van der Waals surface area (Å²) in [6.45, 7) is 4.47. The van der Waals surface area contributed by atoms with Crippen molar-refractivity contribution < 1.29 is 15.0 Å². The van der Waals surface area contributed by atoms with Crippen LogP contribution < -0.4 is 5.73 Å². The molecule has 0 spiro atoms. The van der Waals surface area contributed by atoms with Gasteiger partial charge in [-0.3, -0.25) is 4.79 Å². The van der Waals surface area contributed by atoms with Crippen LogP contribution in [0, 0.1) is 28.6 Å². The third kappa shape index (κ3) is 1.98. The van der Waals surface area contributed by atoms with Gasteiger partial charge in [0.25, 0.3) is 0 Å². The third-order valence-electron chi connectivity index (χ3n) is 8.02. The highest BCUT2D eigenvalue weighted by Gasteiger charge is 2.62. The van der Waals surface area contributed by atoms with Gasteiger partial charge in [-0.25, -0.2) is 0 Å². The summed E-state index contributed by atoms with van der Waals surface area (Å²) in [5.41, 5.74) is 7.39. The topological polar surface area (TPSA) is 83.5 Å². The van der Waals surface area contributed by atoms with Gasteiger partial charge in [0.2, 0.25) is 0 Å². The Balaban J connectivity index is 1.75. The zero-order chi connectivity index (χ0) is 16.6. The molecular weight excluding hydrogens is 290 g/mol. The monoisotopic (exact) mass is 319 g/mol. The molecule has 4 heteroatoms. The number of hydrogen-bond donors (Lipinski definition) is 3. The van der Waals surface area contributed by atoms with Crippen LogP contribution in [0.25, 0.3) is 0 Å². The molecule has 4 rings (SSSR count). The number of ketones is 1. The van der Waals surface area contributed by atoms with Gasteiger partial charge in [0.15, 0.2) is 0 Å². The van der Waals surface area contributed by atoms with Gasteiger partial charge in [0, 0.05) is 6.42 Å². The SMILES string of the molecule is C[C@]12CC[C@H]3[C@@H]([C@@H](O)C=C4C[C@H](O)CC[C@@]43C)[C@@H]1CC(=O)[C@@H]2N. The number of Topliss-reactive ketones (excluding diaryl/α,β-unsaturated/α-hetero) is 1. The van der Waals surface area contributed by atoms with Crippen LogP contribution in [-0.2, 0) is 4.79 Å². The Morgan fingerprint density at radius 2 is 1.87 bits per heavy atom. The number of carbonyl (C=O) groups excluding carboxylic acids is 1. The minimum absolute atomic E-state index is 0.0696. The number of nitrogens with two attached hydrogens (primary N) is 1. The zero-order valence-electron chi connectivity index (χ0n) is 14.2. The molecular formula is C19H29NO3. The standard InChI is InChI=1S/C19H29NO3/c1-18-5-3-11(21)7-10(18)8-14(22)16-12(18)4-6-19(2)13(16)9-15(23)17(19)20/h8,11-14,16-17,21-22H,3-7,9,20H2,1-2H3/t11-,12+,13+,14+,16-,17+,18+,19+/m1/s1. The van der Waals surface area contributed by atoms with Gasteiger partial charge >= 0.3 is 0 Å². The highest BCUT2D eigenvalue weighted by atomic mass is 16.3. The molecule has 0 saturated heterocycles. The molecule has 0 aromatic carbocycles. The quantitative estimate of drug-likeness (QED) is 0.594. The lowest BCUT2D eigenvalue weighted by molar-refractivity contribution is -0.119. The van der Waals surface area contributed by atoms with Crippen LogP contribution in [0.15, 0.2) is 11.6 Å². The zero-order valence-corrected chi connectivity index (χ0v) is 14.2.